The van der Waals surface area contributed by atoms with E-state index in [-0.39, 0.29) is 11.7 Å². The van der Waals surface area contributed by atoms with E-state index >= 15 is 0 Å². The van der Waals surface area contributed by atoms with E-state index < -0.39 is 9.84 Å². The molecule has 0 radical (unpaired) electrons. The van der Waals surface area contributed by atoms with Gasteiger partial charge in [-0.2, -0.15) is 0 Å². The number of sulfone groups is 1. The van der Waals surface area contributed by atoms with Crippen molar-refractivity contribution in [3.05, 3.63) is 17.8 Å². The summed E-state index contributed by atoms with van der Waals surface area (Å²) in [7, 11) is -2.89. The zero-order chi connectivity index (χ0) is 12.3. The summed E-state index contributed by atoms with van der Waals surface area (Å²) in [5, 5.41) is 0. The van der Waals surface area contributed by atoms with Crippen LogP contribution in [-0.4, -0.2) is 31.5 Å². The Morgan fingerprint density at radius 1 is 1.53 bits per heavy atom. The van der Waals surface area contributed by atoms with Crippen molar-refractivity contribution in [1.29, 1.82) is 0 Å². The van der Waals surface area contributed by atoms with Crippen LogP contribution in [0.15, 0.2) is 10.7 Å². The zero-order valence-corrected chi connectivity index (χ0v) is 10.6. The highest BCUT2D eigenvalue weighted by Crippen LogP contribution is 2.27. The van der Waals surface area contributed by atoms with Gasteiger partial charge in [-0.15, -0.1) is 0 Å². The maximum absolute atomic E-state index is 11.5. The molecule has 0 spiro atoms. The number of aryl methyl sites for hydroxylation is 1. The van der Waals surface area contributed by atoms with E-state index in [2.05, 4.69) is 4.98 Å². The normalized spacial score (nSPS) is 23.7. The predicted octanol–water partition coefficient (Wildman–Crippen LogP) is 0.858. The molecule has 96 valence electrons. The molecule has 5 nitrogen and oxygen atoms in total. The summed E-state index contributed by atoms with van der Waals surface area (Å²) in [4.78, 5) is 4.35. The lowest BCUT2D eigenvalue weighted by Gasteiger charge is -2.19. The van der Waals surface area contributed by atoms with E-state index in [4.69, 9.17) is 10.2 Å². The number of hydrogen-bond donors (Lipinski definition) is 1. The highest BCUT2D eigenvalue weighted by Gasteiger charge is 2.27. The summed E-state index contributed by atoms with van der Waals surface area (Å²) in [5.74, 6) is 1.18. The Morgan fingerprint density at radius 3 is 3.06 bits per heavy atom. The molecule has 0 aliphatic carbocycles. The number of nitrogens with two attached hydrogens (primary N) is 1. The molecule has 17 heavy (non-hydrogen) atoms. The van der Waals surface area contributed by atoms with Crippen LogP contribution in [0.5, 0.6) is 0 Å². The fraction of sp³-hybridized carbons (Fsp3) is 0.727. The SMILES string of the molecule is NCCCc1nc(C2CCCS(=O)(=O)C2)co1. The van der Waals surface area contributed by atoms with Gasteiger partial charge in [-0.1, -0.05) is 0 Å². The van der Waals surface area contributed by atoms with E-state index in [9.17, 15) is 8.42 Å². The van der Waals surface area contributed by atoms with Crippen LogP contribution >= 0.6 is 0 Å². The molecule has 1 aromatic heterocycles. The van der Waals surface area contributed by atoms with Gasteiger partial charge in [-0.3, -0.25) is 0 Å². The molecule has 6 heteroatoms. The molecule has 1 aliphatic heterocycles. The van der Waals surface area contributed by atoms with Crippen LogP contribution in [0.3, 0.4) is 0 Å². The van der Waals surface area contributed by atoms with Crippen molar-refractivity contribution in [1.82, 2.24) is 4.98 Å². The third-order valence-corrected chi connectivity index (χ3v) is 4.87. The number of nitrogens with zero attached hydrogens (tertiary/aromatic N) is 1. The molecule has 1 atom stereocenters. The van der Waals surface area contributed by atoms with Gasteiger partial charge in [0.05, 0.1) is 17.2 Å². The average molecular weight is 258 g/mol. The van der Waals surface area contributed by atoms with Crippen LogP contribution in [0.25, 0.3) is 0 Å². The number of hydrogen-bond acceptors (Lipinski definition) is 5. The summed E-state index contributed by atoms with van der Waals surface area (Å²) in [6.07, 6.45) is 4.75. The van der Waals surface area contributed by atoms with Gasteiger partial charge in [0.2, 0.25) is 0 Å². The molecule has 1 fully saturated rings. The highest BCUT2D eigenvalue weighted by molar-refractivity contribution is 7.91. The smallest absolute Gasteiger partial charge is 0.194 e. The number of aromatic nitrogens is 1. The fourth-order valence-corrected chi connectivity index (χ4v) is 3.86. The fourth-order valence-electron chi connectivity index (χ4n) is 2.14. The molecule has 1 aliphatic rings. The lowest BCUT2D eigenvalue weighted by atomic mass is 10.0. The van der Waals surface area contributed by atoms with Gasteiger partial charge in [0, 0.05) is 12.3 Å². The summed E-state index contributed by atoms with van der Waals surface area (Å²) >= 11 is 0. The Morgan fingerprint density at radius 2 is 2.35 bits per heavy atom. The molecule has 0 aromatic carbocycles. The predicted molar refractivity (Wildman–Crippen MR) is 64.5 cm³/mol. The minimum atomic E-state index is -2.89. The Bertz CT molecular complexity index is 467. The van der Waals surface area contributed by atoms with E-state index in [1.54, 1.807) is 6.26 Å². The second-order valence-corrected chi connectivity index (χ2v) is 6.74. The largest absolute Gasteiger partial charge is 0.449 e. The van der Waals surface area contributed by atoms with Crippen LogP contribution < -0.4 is 5.73 Å². The maximum Gasteiger partial charge on any atom is 0.194 e. The van der Waals surface area contributed by atoms with E-state index in [0.29, 0.717) is 18.2 Å². The van der Waals surface area contributed by atoms with Crippen molar-refractivity contribution in [3.8, 4) is 0 Å². The average Bonchev–Trinajstić information content (AvgIpc) is 2.73. The summed E-state index contributed by atoms with van der Waals surface area (Å²) in [6.45, 7) is 0.607. The molecule has 0 amide bonds. The standard InChI is InChI=1S/C11H18N2O3S/c12-5-1-4-11-13-10(7-16-11)9-3-2-6-17(14,15)8-9/h7,9H,1-6,8,12H2. The van der Waals surface area contributed by atoms with Gasteiger partial charge in [-0.25, -0.2) is 13.4 Å². The van der Waals surface area contributed by atoms with Gasteiger partial charge in [0.15, 0.2) is 15.7 Å². The van der Waals surface area contributed by atoms with Crippen molar-refractivity contribution < 1.29 is 12.8 Å². The van der Waals surface area contributed by atoms with Gasteiger partial charge in [0.1, 0.15) is 6.26 Å². The Balaban J connectivity index is 2.04. The second kappa shape index (κ2) is 5.18. The summed E-state index contributed by atoms with van der Waals surface area (Å²) in [5.41, 5.74) is 6.19. The molecule has 2 N–H and O–H groups in total. The van der Waals surface area contributed by atoms with Crippen molar-refractivity contribution in [2.24, 2.45) is 5.73 Å². The van der Waals surface area contributed by atoms with Crippen LogP contribution in [0.1, 0.15) is 36.8 Å². The molecule has 0 bridgehead atoms. The van der Waals surface area contributed by atoms with Gasteiger partial charge in [0.25, 0.3) is 0 Å². The molecule has 2 heterocycles. The first-order chi connectivity index (χ1) is 8.11. The van der Waals surface area contributed by atoms with Crippen LogP contribution in [0.4, 0.5) is 0 Å². The lowest BCUT2D eigenvalue weighted by Crippen LogP contribution is -2.23. The van der Waals surface area contributed by atoms with Crippen molar-refractivity contribution in [2.75, 3.05) is 18.1 Å². The molecule has 1 saturated heterocycles. The highest BCUT2D eigenvalue weighted by atomic mass is 32.2. The van der Waals surface area contributed by atoms with Crippen molar-refractivity contribution in [2.45, 2.75) is 31.6 Å². The summed E-state index contributed by atoms with van der Waals surface area (Å²) in [6, 6.07) is 0. The van der Waals surface area contributed by atoms with E-state index in [1.807, 2.05) is 0 Å². The molecule has 2 rings (SSSR count). The first-order valence-corrected chi connectivity index (χ1v) is 7.77. The van der Waals surface area contributed by atoms with Crippen molar-refractivity contribution in [3.63, 3.8) is 0 Å². The Labute approximate surface area is 101 Å². The Kier molecular flexibility index (Phi) is 3.83. The van der Waals surface area contributed by atoms with Crippen LogP contribution in [0.2, 0.25) is 0 Å². The van der Waals surface area contributed by atoms with Crippen molar-refractivity contribution >= 4 is 9.84 Å². The molecule has 1 unspecified atom stereocenters. The third kappa shape index (κ3) is 3.29. The second-order valence-electron chi connectivity index (χ2n) is 4.51. The minimum absolute atomic E-state index is 0.00382. The lowest BCUT2D eigenvalue weighted by molar-refractivity contribution is 0.487. The monoisotopic (exact) mass is 258 g/mol. The Hall–Kier alpha value is -0.880. The third-order valence-electron chi connectivity index (χ3n) is 3.05. The number of rotatable bonds is 4. The van der Waals surface area contributed by atoms with E-state index in [0.717, 1.165) is 31.4 Å². The molecular weight excluding hydrogens is 240 g/mol. The first kappa shape index (κ1) is 12.6. The number of oxazole rings is 1. The van der Waals surface area contributed by atoms with Crippen LogP contribution in [-0.2, 0) is 16.3 Å². The molecule has 0 saturated carbocycles. The summed E-state index contributed by atoms with van der Waals surface area (Å²) < 4.78 is 28.4. The quantitative estimate of drug-likeness (QED) is 0.865. The minimum Gasteiger partial charge on any atom is -0.449 e. The van der Waals surface area contributed by atoms with Crippen LogP contribution in [0, 0.1) is 0 Å². The van der Waals surface area contributed by atoms with Gasteiger partial charge < -0.3 is 10.2 Å². The molecule has 1 aromatic rings. The van der Waals surface area contributed by atoms with E-state index in [1.165, 1.54) is 0 Å². The first-order valence-electron chi connectivity index (χ1n) is 5.95. The zero-order valence-electron chi connectivity index (χ0n) is 9.76. The maximum atomic E-state index is 11.5. The van der Waals surface area contributed by atoms with Gasteiger partial charge >= 0.3 is 0 Å². The molecular formula is C11H18N2O3S. The van der Waals surface area contributed by atoms with Gasteiger partial charge in [-0.05, 0) is 25.8 Å². The topological polar surface area (TPSA) is 86.2 Å².